The summed E-state index contributed by atoms with van der Waals surface area (Å²) >= 11 is 0. The predicted molar refractivity (Wildman–Crippen MR) is 56.3 cm³/mol. The van der Waals surface area contributed by atoms with Crippen molar-refractivity contribution in [2.24, 2.45) is 22.7 Å². The number of nitrogens with one attached hydrogen (secondary N) is 1. The molecule has 0 saturated carbocycles. The van der Waals surface area contributed by atoms with Gasteiger partial charge in [0.2, 0.25) is 0 Å². The summed E-state index contributed by atoms with van der Waals surface area (Å²) in [6.45, 7) is 6.89. The lowest BCUT2D eigenvalue weighted by molar-refractivity contribution is 0.123. The Labute approximate surface area is 85.0 Å². The summed E-state index contributed by atoms with van der Waals surface area (Å²) in [5, 5.41) is 23.8. The van der Waals surface area contributed by atoms with Crippen LogP contribution < -0.4 is 11.1 Å². The monoisotopic (exact) mass is 203 g/mol. The number of hydrogen-bond acceptors (Lipinski definition) is 4. The van der Waals surface area contributed by atoms with E-state index in [1.165, 1.54) is 0 Å². The number of aliphatic hydroxyl groups is 1. The molecule has 0 amide bonds. The van der Waals surface area contributed by atoms with Crippen molar-refractivity contribution in [2.75, 3.05) is 13.1 Å². The van der Waals surface area contributed by atoms with Crippen LogP contribution in [0.5, 0.6) is 0 Å². The van der Waals surface area contributed by atoms with Crippen LogP contribution in [0.2, 0.25) is 0 Å². The fourth-order valence-electron chi connectivity index (χ4n) is 0.887. The van der Waals surface area contributed by atoms with Crippen molar-refractivity contribution in [3.8, 4) is 0 Å². The molecule has 0 aromatic carbocycles. The van der Waals surface area contributed by atoms with Crippen molar-refractivity contribution < 1.29 is 10.3 Å². The van der Waals surface area contributed by atoms with E-state index in [0.717, 1.165) is 0 Å². The highest BCUT2D eigenvalue weighted by Crippen LogP contribution is 1.99. The summed E-state index contributed by atoms with van der Waals surface area (Å²) in [6, 6.07) is 0. The van der Waals surface area contributed by atoms with Crippen LogP contribution >= 0.6 is 0 Å². The molecule has 0 saturated heterocycles. The van der Waals surface area contributed by atoms with Gasteiger partial charge >= 0.3 is 0 Å². The van der Waals surface area contributed by atoms with Crippen LogP contribution in [-0.4, -0.2) is 35.3 Å². The van der Waals surface area contributed by atoms with Gasteiger partial charge in [-0.3, -0.25) is 0 Å². The third-order valence-electron chi connectivity index (χ3n) is 2.19. The lowest BCUT2D eigenvalue weighted by atomic mass is 10.1. The first-order valence-electron chi connectivity index (χ1n) is 4.85. The molecule has 0 radical (unpaired) electrons. The zero-order valence-electron chi connectivity index (χ0n) is 9.07. The zero-order chi connectivity index (χ0) is 11.1. The topological polar surface area (TPSA) is 90.9 Å². The number of rotatable bonds is 6. The average molecular weight is 203 g/mol. The number of nitrogens with two attached hydrogens (primary N) is 1. The number of amidine groups is 1. The Morgan fingerprint density at radius 1 is 1.36 bits per heavy atom. The minimum absolute atomic E-state index is 0.0284. The molecule has 0 spiro atoms. The highest BCUT2D eigenvalue weighted by molar-refractivity contribution is 5.82. The van der Waals surface area contributed by atoms with Crippen LogP contribution in [0.15, 0.2) is 5.16 Å². The molecule has 0 fully saturated rings. The van der Waals surface area contributed by atoms with Gasteiger partial charge in [0.05, 0.1) is 6.10 Å². The van der Waals surface area contributed by atoms with E-state index >= 15 is 0 Å². The first kappa shape index (κ1) is 13.2. The Bertz CT molecular complexity index is 183. The van der Waals surface area contributed by atoms with Crippen LogP contribution in [0.3, 0.4) is 0 Å². The molecule has 5 nitrogen and oxygen atoms in total. The maximum absolute atomic E-state index is 9.46. The first-order chi connectivity index (χ1) is 6.49. The highest BCUT2D eigenvalue weighted by atomic mass is 16.4. The lowest BCUT2D eigenvalue weighted by Crippen LogP contribution is -2.36. The Morgan fingerprint density at radius 3 is 2.36 bits per heavy atom. The van der Waals surface area contributed by atoms with Gasteiger partial charge in [-0.15, -0.1) is 0 Å². The van der Waals surface area contributed by atoms with Crippen molar-refractivity contribution >= 4 is 5.84 Å². The van der Waals surface area contributed by atoms with E-state index in [1.54, 1.807) is 0 Å². The van der Waals surface area contributed by atoms with Crippen LogP contribution in [-0.2, 0) is 0 Å². The summed E-state index contributed by atoms with van der Waals surface area (Å²) in [7, 11) is 0. The van der Waals surface area contributed by atoms with Gasteiger partial charge in [-0.05, 0) is 5.92 Å². The van der Waals surface area contributed by atoms with Crippen molar-refractivity contribution in [1.29, 1.82) is 0 Å². The second-order valence-electron chi connectivity index (χ2n) is 3.90. The molecule has 5 heteroatoms. The Kier molecular flexibility index (Phi) is 6.23. The van der Waals surface area contributed by atoms with Gasteiger partial charge in [-0.1, -0.05) is 25.9 Å². The molecule has 14 heavy (non-hydrogen) atoms. The van der Waals surface area contributed by atoms with Crippen molar-refractivity contribution in [2.45, 2.75) is 26.9 Å². The Morgan fingerprint density at radius 2 is 1.93 bits per heavy atom. The molecule has 0 aliphatic heterocycles. The number of hydrogen-bond donors (Lipinski definition) is 4. The molecular formula is C9H21N3O2. The summed E-state index contributed by atoms with van der Waals surface area (Å²) in [4.78, 5) is 0. The molecule has 2 unspecified atom stereocenters. The summed E-state index contributed by atoms with van der Waals surface area (Å²) in [5.74, 6) is 0.414. The molecular weight excluding hydrogens is 182 g/mol. The third kappa shape index (κ3) is 5.04. The van der Waals surface area contributed by atoms with Crippen LogP contribution in [0.4, 0.5) is 0 Å². The molecule has 0 aliphatic carbocycles. The number of aliphatic hydroxyl groups excluding tert-OH is 1. The summed E-state index contributed by atoms with van der Waals surface area (Å²) < 4.78 is 0. The molecule has 0 heterocycles. The van der Waals surface area contributed by atoms with E-state index in [0.29, 0.717) is 13.1 Å². The fourth-order valence-corrected chi connectivity index (χ4v) is 0.887. The molecule has 5 N–H and O–H groups in total. The van der Waals surface area contributed by atoms with E-state index in [1.807, 2.05) is 20.8 Å². The van der Waals surface area contributed by atoms with Gasteiger partial charge in [0, 0.05) is 19.0 Å². The van der Waals surface area contributed by atoms with Gasteiger partial charge in [-0.2, -0.15) is 0 Å². The molecule has 0 aromatic heterocycles. The number of nitrogens with zero attached hydrogens (tertiary/aromatic N) is 1. The third-order valence-corrected chi connectivity index (χ3v) is 2.19. The molecule has 0 aliphatic rings. The van der Waals surface area contributed by atoms with Crippen molar-refractivity contribution in [3.63, 3.8) is 0 Å². The van der Waals surface area contributed by atoms with Crippen molar-refractivity contribution in [1.82, 2.24) is 5.32 Å². The first-order valence-corrected chi connectivity index (χ1v) is 4.85. The Balaban J connectivity index is 3.64. The SMILES string of the molecule is CC(CNCC(O)C(C)C)C(N)=NO. The maximum Gasteiger partial charge on any atom is 0.143 e. The fraction of sp³-hybridized carbons (Fsp3) is 0.889. The Hall–Kier alpha value is -0.810. The van der Waals surface area contributed by atoms with E-state index < -0.39 is 0 Å². The summed E-state index contributed by atoms with van der Waals surface area (Å²) in [6.07, 6.45) is -0.352. The minimum Gasteiger partial charge on any atom is -0.409 e. The predicted octanol–water partition coefficient (Wildman–Crippen LogP) is -0.0246. The minimum atomic E-state index is -0.352. The average Bonchev–Trinajstić information content (AvgIpc) is 2.15. The van der Waals surface area contributed by atoms with E-state index in [-0.39, 0.29) is 23.8 Å². The molecule has 2 atom stereocenters. The molecule has 0 aromatic rings. The van der Waals surface area contributed by atoms with Gasteiger partial charge in [0.25, 0.3) is 0 Å². The normalized spacial score (nSPS) is 17.1. The molecule has 0 rings (SSSR count). The summed E-state index contributed by atoms with van der Waals surface area (Å²) in [5.41, 5.74) is 5.39. The standard InChI is InChI=1S/C9H21N3O2/c1-6(2)8(13)5-11-4-7(3)9(10)12-14/h6-8,11,13-14H,4-5H2,1-3H3,(H2,10,12). The van der Waals surface area contributed by atoms with E-state index in [4.69, 9.17) is 10.9 Å². The van der Waals surface area contributed by atoms with Gasteiger partial charge in [-0.25, -0.2) is 0 Å². The quantitative estimate of drug-likeness (QED) is 0.211. The molecule has 84 valence electrons. The van der Waals surface area contributed by atoms with Gasteiger partial charge in [0.1, 0.15) is 5.84 Å². The lowest BCUT2D eigenvalue weighted by Gasteiger charge is -2.16. The van der Waals surface area contributed by atoms with E-state index in [2.05, 4.69) is 10.5 Å². The second-order valence-corrected chi connectivity index (χ2v) is 3.90. The van der Waals surface area contributed by atoms with Crippen molar-refractivity contribution in [3.05, 3.63) is 0 Å². The zero-order valence-corrected chi connectivity index (χ0v) is 9.07. The maximum atomic E-state index is 9.46. The van der Waals surface area contributed by atoms with Crippen LogP contribution in [0.1, 0.15) is 20.8 Å². The van der Waals surface area contributed by atoms with Gasteiger partial charge < -0.3 is 21.4 Å². The molecule has 0 bridgehead atoms. The van der Waals surface area contributed by atoms with E-state index in [9.17, 15) is 5.11 Å². The second kappa shape index (κ2) is 6.62. The van der Waals surface area contributed by atoms with Gasteiger partial charge in [0.15, 0.2) is 0 Å². The van der Waals surface area contributed by atoms with Crippen LogP contribution in [0, 0.1) is 11.8 Å². The number of oxime groups is 1. The largest absolute Gasteiger partial charge is 0.409 e. The smallest absolute Gasteiger partial charge is 0.143 e. The van der Waals surface area contributed by atoms with Crippen LogP contribution in [0.25, 0.3) is 0 Å². The highest BCUT2D eigenvalue weighted by Gasteiger charge is 2.10.